The van der Waals surface area contributed by atoms with E-state index in [1.54, 1.807) is 19.1 Å². The maximum Gasteiger partial charge on any atom is 0.411 e. The number of aryl methyl sites for hydroxylation is 2. The lowest BCUT2D eigenvalue weighted by atomic mass is 9.68. The maximum absolute atomic E-state index is 15.5. The summed E-state index contributed by atoms with van der Waals surface area (Å²) in [4.78, 5) is 0. The molecule has 0 aliphatic carbocycles. The summed E-state index contributed by atoms with van der Waals surface area (Å²) in [6.45, 7) is 3.07. The highest BCUT2D eigenvalue weighted by Crippen LogP contribution is 2.61. The standard InChI is InChI=1S/C62H35F18N3O4/c1-35-7-3-11-50(47(35)32-81)84-43-23-15-37(16-24-43)54(57(63,64)65,58(66,67)68)38-17-25-45(26-18-38)86-52-13-6-14-53(49(52)34-83)87-46-29-21-40(22-30-46)56(61(75,76)77,62(78,79)80)42-10-5-9-41(31-42)55(59(69,70)71,60(72,73)74)39-19-27-44(28-20-39)85-51-12-4-8-36(2)48(51)33-82/h3-31H,1-2H3. The Bertz CT molecular complexity index is 3920. The quantitative estimate of drug-likeness (QED) is 0.0998. The van der Waals surface area contributed by atoms with E-state index in [1.807, 2.05) is 12.1 Å². The number of hydrogen-bond donors (Lipinski definition) is 0. The van der Waals surface area contributed by atoms with Gasteiger partial charge in [-0.15, -0.1) is 0 Å². The second-order valence-electron chi connectivity index (χ2n) is 19.2. The normalized spacial score (nSPS) is 12.8. The molecule has 25 heteroatoms. The molecular weight excluding hydrogens is 1190 g/mol. The van der Waals surface area contributed by atoms with Crippen molar-refractivity contribution in [2.45, 2.75) is 67.2 Å². The van der Waals surface area contributed by atoms with Gasteiger partial charge in [0.15, 0.2) is 0 Å². The Balaban J connectivity index is 1.11. The van der Waals surface area contributed by atoms with Crippen molar-refractivity contribution in [3.8, 4) is 64.2 Å². The lowest BCUT2D eigenvalue weighted by molar-refractivity contribution is -0.291. The van der Waals surface area contributed by atoms with Gasteiger partial charge < -0.3 is 18.9 Å². The first kappa shape index (κ1) is 63.2. The van der Waals surface area contributed by atoms with E-state index in [9.17, 15) is 15.8 Å². The summed E-state index contributed by atoms with van der Waals surface area (Å²) in [7, 11) is 0. The minimum Gasteiger partial charge on any atom is -0.456 e. The summed E-state index contributed by atoms with van der Waals surface area (Å²) in [5.74, 6) is -3.02. The van der Waals surface area contributed by atoms with Crippen molar-refractivity contribution in [1.29, 1.82) is 15.8 Å². The molecule has 0 aliphatic rings. The molecule has 0 radical (unpaired) electrons. The molecule has 8 aromatic rings. The highest BCUT2D eigenvalue weighted by molar-refractivity contribution is 5.58. The minimum absolute atomic E-state index is 0.0282. The number of nitriles is 3. The minimum atomic E-state index is -6.59. The summed E-state index contributed by atoms with van der Waals surface area (Å²) in [5, 5.41) is 29.2. The van der Waals surface area contributed by atoms with Gasteiger partial charge in [0.1, 0.15) is 69.8 Å². The Morgan fingerprint density at radius 2 is 0.471 bits per heavy atom. The summed E-state index contributed by atoms with van der Waals surface area (Å²) < 4.78 is 298. The molecule has 0 atom stereocenters. The first-order valence-corrected chi connectivity index (χ1v) is 24.8. The highest BCUT2D eigenvalue weighted by atomic mass is 19.4. The fourth-order valence-electron chi connectivity index (χ4n) is 10.1. The Labute approximate surface area is 481 Å². The largest absolute Gasteiger partial charge is 0.456 e. The van der Waals surface area contributed by atoms with Gasteiger partial charge in [-0.1, -0.05) is 103 Å². The van der Waals surface area contributed by atoms with Crippen LogP contribution in [-0.2, 0) is 16.2 Å². The molecule has 0 spiro atoms. The fraction of sp³-hybridized carbons (Fsp3) is 0.177. The summed E-state index contributed by atoms with van der Waals surface area (Å²) in [6.07, 6.45) is -38.4. The van der Waals surface area contributed by atoms with Crippen molar-refractivity contribution in [1.82, 2.24) is 0 Å². The fourth-order valence-corrected chi connectivity index (χ4v) is 10.1. The number of alkyl halides is 18. The van der Waals surface area contributed by atoms with Crippen molar-refractivity contribution in [2.75, 3.05) is 0 Å². The van der Waals surface area contributed by atoms with E-state index in [-0.39, 0.29) is 70.8 Å². The van der Waals surface area contributed by atoms with Gasteiger partial charge in [-0.05, 0) is 131 Å². The molecule has 8 rings (SSSR count). The van der Waals surface area contributed by atoms with Gasteiger partial charge in [0.25, 0.3) is 0 Å². The number of halogens is 18. The lowest BCUT2D eigenvalue weighted by Gasteiger charge is -2.41. The molecule has 0 amide bonds. The molecule has 0 saturated carbocycles. The highest BCUT2D eigenvalue weighted by Gasteiger charge is 2.76. The number of rotatable bonds is 14. The first-order valence-electron chi connectivity index (χ1n) is 24.8. The van der Waals surface area contributed by atoms with Crippen LogP contribution in [0.1, 0.15) is 61.2 Å². The molecule has 0 heterocycles. The molecular formula is C62H35F18N3O4. The molecule has 0 unspecified atom stereocenters. The third kappa shape index (κ3) is 11.1. The van der Waals surface area contributed by atoms with E-state index in [0.717, 1.165) is 30.3 Å². The summed E-state index contributed by atoms with van der Waals surface area (Å²) >= 11 is 0. The van der Waals surface area contributed by atoms with Crippen molar-refractivity contribution < 1.29 is 98.0 Å². The van der Waals surface area contributed by atoms with Gasteiger partial charge in [-0.2, -0.15) is 94.8 Å². The zero-order valence-corrected chi connectivity index (χ0v) is 44.0. The third-order valence-electron chi connectivity index (χ3n) is 14.1. The third-order valence-corrected chi connectivity index (χ3v) is 14.1. The number of nitrogens with zero attached hydrogens (tertiary/aromatic N) is 3. The molecule has 448 valence electrons. The van der Waals surface area contributed by atoms with Crippen molar-refractivity contribution in [2.24, 2.45) is 0 Å². The second-order valence-corrected chi connectivity index (χ2v) is 19.2. The van der Waals surface area contributed by atoms with Gasteiger partial charge in [0.05, 0.1) is 11.1 Å². The van der Waals surface area contributed by atoms with Gasteiger partial charge in [-0.3, -0.25) is 0 Å². The van der Waals surface area contributed by atoms with Gasteiger partial charge >= 0.3 is 37.1 Å². The topological polar surface area (TPSA) is 108 Å². The van der Waals surface area contributed by atoms with Gasteiger partial charge in [-0.25, -0.2) is 0 Å². The maximum atomic E-state index is 15.5. The Kier molecular flexibility index (Phi) is 16.6. The van der Waals surface area contributed by atoms with E-state index >= 15 is 79.0 Å². The molecule has 8 aromatic carbocycles. The van der Waals surface area contributed by atoms with Crippen molar-refractivity contribution in [3.05, 3.63) is 237 Å². The molecule has 0 fully saturated rings. The molecule has 0 aromatic heterocycles. The van der Waals surface area contributed by atoms with Crippen LogP contribution in [0.2, 0.25) is 0 Å². The van der Waals surface area contributed by atoms with Crippen LogP contribution < -0.4 is 18.9 Å². The zero-order chi connectivity index (χ0) is 63.9. The van der Waals surface area contributed by atoms with Crippen LogP contribution in [-0.4, -0.2) is 37.1 Å². The number of benzene rings is 8. The second kappa shape index (κ2) is 22.9. The van der Waals surface area contributed by atoms with Crippen molar-refractivity contribution in [3.63, 3.8) is 0 Å². The van der Waals surface area contributed by atoms with Crippen LogP contribution in [0, 0.1) is 47.8 Å². The molecule has 0 bridgehead atoms. The zero-order valence-electron chi connectivity index (χ0n) is 44.0. The van der Waals surface area contributed by atoms with E-state index in [4.69, 9.17) is 18.9 Å². The summed E-state index contributed by atoms with van der Waals surface area (Å²) in [5.41, 5.74) is -25.6. The first-order chi connectivity index (χ1) is 40.6. The molecule has 7 nitrogen and oxygen atoms in total. The number of ether oxygens (including phenoxy) is 4. The Hall–Kier alpha value is -9.83. The van der Waals surface area contributed by atoms with Gasteiger partial charge in [0.2, 0.25) is 16.2 Å². The number of hydrogen-bond acceptors (Lipinski definition) is 7. The summed E-state index contributed by atoms with van der Waals surface area (Å²) in [6, 6.07) is 25.0. The van der Waals surface area contributed by atoms with Crippen LogP contribution in [0.15, 0.2) is 176 Å². The average Bonchev–Trinajstić information content (AvgIpc) is 0.741. The van der Waals surface area contributed by atoms with E-state index < -0.39 is 127 Å². The van der Waals surface area contributed by atoms with Crippen molar-refractivity contribution >= 4 is 0 Å². The van der Waals surface area contributed by atoms with Crippen LogP contribution in [0.3, 0.4) is 0 Å². The van der Waals surface area contributed by atoms with E-state index in [2.05, 4.69) is 0 Å². The monoisotopic (exact) mass is 1230 g/mol. The molecule has 87 heavy (non-hydrogen) atoms. The Morgan fingerprint density at radius 1 is 0.264 bits per heavy atom. The predicted octanol–water partition coefficient (Wildman–Crippen LogP) is 19.3. The van der Waals surface area contributed by atoms with Crippen LogP contribution in [0.25, 0.3) is 0 Å². The smallest absolute Gasteiger partial charge is 0.411 e. The average molecular weight is 1230 g/mol. The van der Waals surface area contributed by atoms with E-state index in [0.29, 0.717) is 71.8 Å². The SMILES string of the molecule is Cc1cccc(Oc2ccc(C(c3ccc(Oc4cccc(Oc5ccc(C(c6cccc(C(c7ccc(Oc8cccc(C)c8C#N)cc7)(C(F)(F)F)C(F)(F)F)c6)(C(F)(F)F)C(F)(F)F)cc5)c4C#N)cc3)(C(F)(F)F)C(F)(F)F)cc2)c1C#N. The van der Waals surface area contributed by atoms with Gasteiger partial charge in [0, 0.05) is 0 Å². The van der Waals surface area contributed by atoms with Crippen LogP contribution in [0.4, 0.5) is 79.0 Å². The molecule has 0 aliphatic heterocycles. The lowest BCUT2D eigenvalue weighted by Crippen LogP contribution is -2.56. The van der Waals surface area contributed by atoms with E-state index in [1.165, 1.54) is 37.3 Å². The van der Waals surface area contributed by atoms with Crippen LogP contribution in [0.5, 0.6) is 46.0 Å². The predicted molar refractivity (Wildman–Crippen MR) is 274 cm³/mol. The molecule has 0 N–H and O–H groups in total. The Morgan fingerprint density at radius 3 is 0.701 bits per heavy atom. The molecule has 0 saturated heterocycles. The van der Waals surface area contributed by atoms with Crippen LogP contribution >= 0.6 is 0 Å².